The number of furan rings is 1. The Morgan fingerprint density at radius 1 is 0.866 bits per heavy atom. The van der Waals surface area contributed by atoms with Crippen molar-refractivity contribution in [2.75, 3.05) is 4.90 Å². The molecule has 67 heavy (non-hydrogen) atoms. The largest absolute Gasteiger partial charge is 3.00 e. The smallest absolute Gasteiger partial charge is 0.661 e. The molecule has 0 radical (unpaired) electrons. The number of rotatable bonds is 6. The molecule has 10 heteroatoms. The van der Waals surface area contributed by atoms with Crippen molar-refractivity contribution in [3.05, 3.63) is 172 Å². The van der Waals surface area contributed by atoms with Crippen LogP contribution in [0.2, 0.25) is 19.6 Å². The van der Waals surface area contributed by atoms with Crippen molar-refractivity contribution in [1.29, 1.82) is 0 Å². The van der Waals surface area contributed by atoms with Crippen molar-refractivity contribution in [2.24, 2.45) is 0 Å². The molecule has 0 bridgehead atoms. The van der Waals surface area contributed by atoms with Crippen molar-refractivity contribution >= 4 is 94.7 Å². The second kappa shape index (κ2) is 17.7. The maximum absolute atomic E-state index is 15.6. The van der Waals surface area contributed by atoms with Crippen LogP contribution in [0.15, 0.2) is 114 Å². The molecule has 10 aromatic rings. The number of nitrogens with zero attached hydrogens (tertiary/aromatic N) is 4. The normalized spacial score (nSPS) is 15.0. The minimum atomic E-state index is -2.38. The minimum absolute atomic E-state index is 0. The zero-order valence-electron chi connectivity index (χ0n) is 42.7. The Balaban J connectivity index is 0.000000206. The van der Waals surface area contributed by atoms with Crippen LogP contribution in [0.25, 0.3) is 69.6 Å². The van der Waals surface area contributed by atoms with E-state index >= 15 is 4.39 Å². The molecule has 0 spiro atoms. The van der Waals surface area contributed by atoms with Crippen LogP contribution in [0.4, 0.5) is 25.8 Å². The number of anilines is 2. The van der Waals surface area contributed by atoms with Gasteiger partial charge in [-0.15, -0.1) is 41.1 Å². The van der Waals surface area contributed by atoms with Gasteiger partial charge in [0.15, 0.2) is 0 Å². The Hall–Kier alpha value is -5.77. The molecular formula is C57H51F2IrN4OSSi. The Labute approximate surface area is 415 Å². The third kappa shape index (κ3) is 8.16. The first-order valence-electron chi connectivity index (χ1n) is 24.2. The van der Waals surface area contributed by atoms with Gasteiger partial charge in [0.05, 0.1) is 8.07 Å². The van der Waals surface area contributed by atoms with E-state index in [1.165, 1.54) is 23.5 Å². The number of aromatic nitrogens is 2. The monoisotopic (exact) mass is 1100 g/mol. The van der Waals surface area contributed by atoms with Gasteiger partial charge in [-0.3, -0.25) is 8.78 Å². The molecule has 6 aromatic carbocycles. The van der Waals surface area contributed by atoms with Gasteiger partial charge in [-0.1, -0.05) is 136 Å². The van der Waals surface area contributed by atoms with Crippen molar-refractivity contribution in [2.45, 2.75) is 86.0 Å². The molecular weight excluding hydrogens is 1050 g/mol. The molecule has 5 heterocycles. The van der Waals surface area contributed by atoms with Crippen LogP contribution >= 0.6 is 11.3 Å². The number of thiophene rings is 1. The van der Waals surface area contributed by atoms with Crippen molar-refractivity contribution in [3.8, 4) is 11.3 Å². The predicted octanol–water partition coefficient (Wildman–Crippen LogP) is 16.7. The Morgan fingerprint density at radius 2 is 1.61 bits per heavy atom. The molecule has 1 aliphatic rings. The zero-order valence-corrected chi connectivity index (χ0v) is 43.0. The quantitative estimate of drug-likeness (QED) is 0.123. The molecule has 5 nitrogen and oxygen atoms in total. The van der Waals surface area contributed by atoms with E-state index < -0.39 is 32.8 Å². The molecule has 1 atom stereocenters. The first-order valence-corrected chi connectivity index (χ1v) is 26.5. The van der Waals surface area contributed by atoms with Crippen LogP contribution in [0.5, 0.6) is 0 Å². The SMILES string of the molecule is Cc1cc2c(oc3ccccc32)c(C)c1N1c2cc3ccccc3cc2[N-]C1c1[c-]cc(F)c2c1sc1nc(C(C)C)ccc12.[2H]C([2H])([2H])c1c[c-]c(-c2cc(C([2H])(C)C)c([Si](C)(C)C)cn2)c(F)c1.[Ir+3]. The third-order valence-corrected chi connectivity index (χ3v) is 15.7. The summed E-state index contributed by atoms with van der Waals surface area (Å²) in [6.45, 7) is 16.3. The number of halogens is 2. The summed E-state index contributed by atoms with van der Waals surface area (Å²) < 4.78 is 68.0. The van der Waals surface area contributed by atoms with Crippen molar-refractivity contribution in [1.82, 2.24) is 9.97 Å². The van der Waals surface area contributed by atoms with Crippen LogP contribution in [0.3, 0.4) is 0 Å². The molecule has 0 fully saturated rings. The Kier molecular flexibility index (Phi) is 10.9. The van der Waals surface area contributed by atoms with Gasteiger partial charge in [0, 0.05) is 56.7 Å². The van der Waals surface area contributed by atoms with Crippen LogP contribution in [0.1, 0.15) is 84.7 Å². The number of pyridine rings is 2. The molecule has 1 unspecified atom stereocenters. The molecule has 0 aliphatic carbocycles. The van der Waals surface area contributed by atoms with E-state index in [9.17, 15) is 4.39 Å². The van der Waals surface area contributed by atoms with E-state index in [1.807, 2.05) is 30.3 Å². The second-order valence-corrected chi connectivity index (χ2v) is 24.8. The number of fused-ring (bicyclic) bond motifs is 8. The number of para-hydroxylation sites is 1. The standard InChI is InChI=1S/C39H28FN3OS.C18H23FNSi.Ir/c1-20(2)30-16-14-26-34-29(40)15-13-27(37(34)45-39(26)42-30)38-41-31-18-23-9-5-6-10-24(23)19-32(31)43(38)35-21(3)17-28-25-11-7-8-12-33(25)44-36(28)22(35)4;1-12(2)15-10-17(20-11-18(15)21(4,5)6)14-8-7-13(3)9-16(14)19;/h5-12,14-20,38H,1-4H3;7,9-12H,1-6H3;/q-2;-1;+3/i;3D3,12D;. The number of aryl methyl sites for hydroxylation is 3. The van der Waals surface area contributed by atoms with E-state index in [2.05, 4.69) is 118 Å². The summed E-state index contributed by atoms with van der Waals surface area (Å²) in [7, 11) is -1.72. The summed E-state index contributed by atoms with van der Waals surface area (Å²) in [5.41, 5.74) is 9.90. The third-order valence-electron chi connectivity index (χ3n) is 12.6. The van der Waals surface area contributed by atoms with E-state index in [4.69, 9.17) is 20.2 Å². The average Bonchev–Trinajstić information content (AvgIpc) is 3.99. The fourth-order valence-corrected chi connectivity index (χ4v) is 12.1. The number of hydrogen-bond donors (Lipinski definition) is 0. The first kappa shape index (κ1) is 41.4. The summed E-state index contributed by atoms with van der Waals surface area (Å²) in [6.07, 6.45) is 1.27. The summed E-state index contributed by atoms with van der Waals surface area (Å²) in [5.74, 6) is -1.53. The summed E-state index contributed by atoms with van der Waals surface area (Å²) >= 11 is 1.53. The van der Waals surface area contributed by atoms with Crippen LogP contribution in [-0.2, 0) is 20.1 Å². The van der Waals surface area contributed by atoms with Gasteiger partial charge in [-0.05, 0) is 88.7 Å². The molecule has 0 saturated carbocycles. The number of benzene rings is 6. The number of hydrogen-bond acceptors (Lipinski definition) is 5. The second-order valence-electron chi connectivity index (χ2n) is 18.8. The van der Waals surface area contributed by atoms with Gasteiger partial charge in [0.25, 0.3) is 0 Å². The van der Waals surface area contributed by atoms with E-state index in [-0.39, 0.29) is 43.0 Å². The van der Waals surface area contributed by atoms with Crippen LogP contribution < -0.4 is 10.1 Å². The summed E-state index contributed by atoms with van der Waals surface area (Å²) in [5, 5.41) is 12.3. The fourth-order valence-electron chi connectivity index (χ4n) is 9.30. The molecule has 0 saturated heterocycles. The summed E-state index contributed by atoms with van der Waals surface area (Å²) in [6, 6.07) is 38.7. The molecule has 338 valence electrons. The van der Waals surface area contributed by atoms with Gasteiger partial charge in [-0.2, -0.15) is 17.4 Å². The average molecular weight is 1100 g/mol. The maximum Gasteiger partial charge on any atom is 3.00 e. The topological polar surface area (TPSA) is 56.3 Å². The fraction of sp³-hybridized carbons (Fsp3) is 0.228. The van der Waals surface area contributed by atoms with E-state index in [0.29, 0.717) is 11.1 Å². The molecule has 0 amide bonds. The molecule has 11 rings (SSSR count). The van der Waals surface area contributed by atoms with E-state index in [1.54, 1.807) is 26.1 Å². The van der Waals surface area contributed by atoms with Gasteiger partial charge < -0.3 is 19.6 Å². The Bertz CT molecular complexity index is 3730. The zero-order chi connectivity index (χ0) is 49.8. The predicted molar refractivity (Wildman–Crippen MR) is 275 cm³/mol. The maximum atomic E-state index is 15.6. The van der Waals surface area contributed by atoms with Gasteiger partial charge in [-0.25, -0.2) is 4.98 Å². The molecule has 0 N–H and O–H groups in total. The first-order chi connectivity index (χ1) is 33.1. The molecule has 4 aromatic heterocycles. The molecule has 1 aliphatic heterocycles. The van der Waals surface area contributed by atoms with Crippen LogP contribution in [0, 0.1) is 44.5 Å². The van der Waals surface area contributed by atoms with Crippen molar-refractivity contribution in [3.63, 3.8) is 0 Å². The van der Waals surface area contributed by atoms with Crippen LogP contribution in [-0.4, -0.2) is 18.0 Å². The minimum Gasteiger partial charge on any atom is -0.661 e. The van der Waals surface area contributed by atoms with Gasteiger partial charge in [0.1, 0.15) is 16.0 Å². The van der Waals surface area contributed by atoms with Crippen molar-refractivity contribution < 1.29 is 38.8 Å². The van der Waals surface area contributed by atoms with Gasteiger partial charge in [0.2, 0.25) is 0 Å². The Morgan fingerprint density at radius 3 is 2.33 bits per heavy atom. The van der Waals surface area contributed by atoms with Gasteiger partial charge >= 0.3 is 20.1 Å². The van der Waals surface area contributed by atoms with E-state index in [0.717, 1.165) is 104 Å². The summed E-state index contributed by atoms with van der Waals surface area (Å²) in [4.78, 5) is 12.5.